The van der Waals surface area contributed by atoms with Gasteiger partial charge < -0.3 is 0 Å². The summed E-state index contributed by atoms with van der Waals surface area (Å²) in [6.45, 7) is 2.76. The van der Waals surface area contributed by atoms with Gasteiger partial charge >= 0.3 is 0 Å². The van der Waals surface area contributed by atoms with Crippen LogP contribution in [0.1, 0.15) is 71.1 Å². The van der Waals surface area contributed by atoms with E-state index in [9.17, 15) is 4.91 Å². The maximum absolute atomic E-state index is 9.79. The van der Waals surface area contributed by atoms with Gasteiger partial charge in [0.15, 0.2) is 0 Å². The molecule has 0 atom stereocenters. The summed E-state index contributed by atoms with van der Waals surface area (Å²) in [5.41, 5.74) is 0. The maximum atomic E-state index is 9.79. The first kappa shape index (κ1) is 13.6. The standard InChI is InChI=1S/C12H25NO/c1-2-3-4-5-6-7-8-9-10-11-12-13-14/h2-12H2,1H3. The second kappa shape index (κ2) is 12.6. The summed E-state index contributed by atoms with van der Waals surface area (Å²) in [7, 11) is 0. The molecule has 0 unspecified atom stereocenters. The number of unbranched alkanes of at least 4 members (excludes halogenated alkanes) is 9. The Kier molecular flexibility index (Phi) is 12.2. The van der Waals surface area contributed by atoms with Gasteiger partial charge in [0.2, 0.25) is 0 Å². The molecule has 0 bridgehead atoms. The van der Waals surface area contributed by atoms with Gasteiger partial charge in [-0.25, -0.2) is 0 Å². The molecule has 2 nitrogen and oxygen atoms in total. The third-order valence-corrected chi connectivity index (χ3v) is 2.60. The lowest BCUT2D eigenvalue weighted by molar-refractivity contribution is 0.558. The predicted molar refractivity (Wildman–Crippen MR) is 62.5 cm³/mol. The molecule has 0 radical (unpaired) electrons. The molecule has 0 N–H and O–H groups in total. The Hall–Kier alpha value is -0.400. The van der Waals surface area contributed by atoms with Crippen molar-refractivity contribution < 1.29 is 0 Å². The normalized spacial score (nSPS) is 10.4. The Balaban J connectivity index is 2.81. The van der Waals surface area contributed by atoms with E-state index in [1.165, 1.54) is 57.8 Å². The average molecular weight is 199 g/mol. The van der Waals surface area contributed by atoms with Gasteiger partial charge in [-0.1, -0.05) is 69.9 Å². The van der Waals surface area contributed by atoms with Crippen molar-refractivity contribution in [3.8, 4) is 0 Å². The van der Waals surface area contributed by atoms with Crippen LogP contribution in [0.25, 0.3) is 0 Å². The fourth-order valence-electron chi connectivity index (χ4n) is 1.66. The number of rotatable bonds is 11. The fourth-order valence-corrected chi connectivity index (χ4v) is 1.66. The van der Waals surface area contributed by atoms with E-state index in [0.717, 1.165) is 6.42 Å². The van der Waals surface area contributed by atoms with E-state index < -0.39 is 0 Å². The molecule has 0 heterocycles. The Morgan fingerprint density at radius 3 is 1.57 bits per heavy atom. The molecule has 0 spiro atoms. The topological polar surface area (TPSA) is 29.4 Å². The van der Waals surface area contributed by atoms with Gasteiger partial charge in [-0.2, -0.15) is 4.91 Å². The van der Waals surface area contributed by atoms with E-state index in [4.69, 9.17) is 0 Å². The van der Waals surface area contributed by atoms with Crippen LogP contribution in [0, 0.1) is 4.91 Å². The van der Waals surface area contributed by atoms with Gasteiger partial charge in [-0.05, 0) is 6.42 Å². The largest absolute Gasteiger partial charge is 0.151 e. The van der Waals surface area contributed by atoms with E-state index >= 15 is 0 Å². The predicted octanol–water partition coefficient (Wildman–Crippen LogP) is 4.67. The molecular weight excluding hydrogens is 174 g/mol. The second-order valence-corrected chi connectivity index (χ2v) is 4.03. The van der Waals surface area contributed by atoms with Crippen LogP contribution in [0.3, 0.4) is 0 Å². The van der Waals surface area contributed by atoms with Crippen molar-refractivity contribution in [1.82, 2.24) is 0 Å². The van der Waals surface area contributed by atoms with E-state index in [0.29, 0.717) is 6.54 Å². The molecule has 2 heteroatoms. The van der Waals surface area contributed by atoms with Gasteiger partial charge in [0.05, 0.1) is 6.54 Å². The van der Waals surface area contributed by atoms with Crippen LogP contribution in [0.5, 0.6) is 0 Å². The Morgan fingerprint density at radius 2 is 1.14 bits per heavy atom. The Labute approximate surface area is 88.4 Å². The van der Waals surface area contributed by atoms with Crippen LogP contribution in [0.15, 0.2) is 5.18 Å². The van der Waals surface area contributed by atoms with Gasteiger partial charge in [0, 0.05) is 0 Å². The second-order valence-electron chi connectivity index (χ2n) is 4.03. The summed E-state index contributed by atoms with van der Waals surface area (Å²) in [4.78, 5) is 9.79. The molecule has 84 valence electrons. The highest BCUT2D eigenvalue weighted by Gasteiger charge is 1.91. The molecule has 0 rings (SSSR count). The van der Waals surface area contributed by atoms with Gasteiger partial charge in [0.1, 0.15) is 0 Å². The minimum atomic E-state index is 0.510. The van der Waals surface area contributed by atoms with Crippen LogP contribution in [0.2, 0.25) is 0 Å². The summed E-state index contributed by atoms with van der Waals surface area (Å²) in [6, 6.07) is 0. The van der Waals surface area contributed by atoms with Crippen LogP contribution in [-0.2, 0) is 0 Å². The van der Waals surface area contributed by atoms with Crippen molar-refractivity contribution in [3.63, 3.8) is 0 Å². The Bertz CT molecular complexity index is 115. The minimum Gasteiger partial charge on any atom is -0.151 e. The summed E-state index contributed by atoms with van der Waals surface area (Å²) < 4.78 is 0. The summed E-state index contributed by atoms with van der Waals surface area (Å²) in [6.07, 6.45) is 13.1. The first-order valence-electron chi connectivity index (χ1n) is 6.21. The number of nitrogens with zero attached hydrogens (tertiary/aromatic N) is 1. The van der Waals surface area contributed by atoms with Crippen LogP contribution in [-0.4, -0.2) is 6.54 Å². The lowest BCUT2D eigenvalue weighted by Gasteiger charge is -2.00. The summed E-state index contributed by atoms with van der Waals surface area (Å²) >= 11 is 0. The van der Waals surface area contributed by atoms with Crippen LogP contribution in [0.4, 0.5) is 0 Å². The SMILES string of the molecule is CCCCCCCCCCCCN=O. The zero-order valence-corrected chi connectivity index (χ0v) is 9.63. The molecule has 0 saturated carbocycles. The number of hydrogen-bond donors (Lipinski definition) is 0. The third kappa shape index (κ3) is 11.6. The highest BCUT2D eigenvalue weighted by molar-refractivity contribution is 4.48. The summed E-state index contributed by atoms with van der Waals surface area (Å²) in [5.74, 6) is 0. The molecule has 0 aliphatic heterocycles. The van der Waals surface area contributed by atoms with Crippen LogP contribution >= 0.6 is 0 Å². The first-order chi connectivity index (χ1) is 6.91. The highest BCUT2D eigenvalue weighted by atomic mass is 16.3. The zero-order valence-electron chi connectivity index (χ0n) is 9.63. The lowest BCUT2D eigenvalue weighted by atomic mass is 10.1. The Morgan fingerprint density at radius 1 is 0.714 bits per heavy atom. The molecular formula is C12H25NO. The molecule has 14 heavy (non-hydrogen) atoms. The van der Waals surface area contributed by atoms with Crippen molar-refractivity contribution in [2.45, 2.75) is 71.1 Å². The first-order valence-corrected chi connectivity index (χ1v) is 6.21. The van der Waals surface area contributed by atoms with E-state index in [1.807, 2.05) is 0 Å². The molecule has 0 saturated heterocycles. The van der Waals surface area contributed by atoms with Gasteiger partial charge in [0.25, 0.3) is 0 Å². The molecule has 0 aromatic heterocycles. The lowest BCUT2D eigenvalue weighted by Crippen LogP contribution is -1.83. The molecule has 0 amide bonds. The van der Waals surface area contributed by atoms with Crippen molar-refractivity contribution >= 4 is 0 Å². The quantitative estimate of drug-likeness (QED) is 0.351. The smallest absolute Gasteiger partial charge is 0.0811 e. The maximum Gasteiger partial charge on any atom is 0.0811 e. The highest BCUT2D eigenvalue weighted by Crippen LogP contribution is 2.10. The minimum absolute atomic E-state index is 0.510. The zero-order chi connectivity index (χ0) is 10.5. The van der Waals surface area contributed by atoms with E-state index in [2.05, 4.69) is 12.1 Å². The fraction of sp³-hybridized carbons (Fsp3) is 1.00. The van der Waals surface area contributed by atoms with Crippen molar-refractivity contribution in [2.75, 3.05) is 6.54 Å². The molecule has 0 aliphatic carbocycles. The van der Waals surface area contributed by atoms with Crippen LogP contribution < -0.4 is 0 Å². The molecule has 0 aromatic carbocycles. The van der Waals surface area contributed by atoms with E-state index in [-0.39, 0.29) is 0 Å². The third-order valence-electron chi connectivity index (χ3n) is 2.60. The summed E-state index contributed by atoms with van der Waals surface area (Å²) in [5, 5.41) is 2.85. The van der Waals surface area contributed by atoms with Crippen molar-refractivity contribution in [3.05, 3.63) is 4.91 Å². The number of nitroso groups, excluding NO2 is 1. The van der Waals surface area contributed by atoms with E-state index in [1.54, 1.807) is 0 Å². The average Bonchev–Trinajstić information content (AvgIpc) is 2.21. The monoisotopic (exact) mass is 199 g/mol. The molecule has 0 fully saturated rings. The molecule has 0 aliphatic rings. The van der Waals surface area contributed by atoms with Crippen molar-refractivity contribution in [1.29, 1.82) is 0 Å². The molecule has 0 aromatic rings. The van der Waals surface area contributed by atoms with Crippen molar-refractivity contribution in [2.24, 2.45) is 5.18 Å². The number of hydrogen-bond acceptors (Lipinski definition) is 2. The van der Waals surface area contributed by atoms with Gasteiger partial charge in [-0.15, -0.1) is 0 Å². The van der Waals surface area contributed by atoms with Gasteiger partial charge in [-0.3, -0.25) is 0 Å².